The minimum atomic E-state index is -3.65. The first kappa shape index (κ1) is 20.8. The second kappa shape index (κ2) is 8.37. The minimum absolute atomic E-state index is 0.00233. The highest BCUT2D eigenvalue weighted by molar-refractivity contribution is 8.00. The van der Waals surface area contributed by atoms with Crippen LogP contribution in [0.15, 0.2) is 54.2 Å². The number of ether oxygens (including phenoxy) is 1. The van der Waals surface area contributed by atoms with Gasteiger partial charge in [-0.1, -0.05) is 12.6 Å². The number of aryl methyl sites for hydroxylation is 1. The molecule has 0 saturated carbocycles. The Morgan fingerprint density at radius 3 is 2.93 bits per heavy atom. The van der Waals surface area contributed by atoms with E-state index in [2.05, 4.69) is 21.9 Å². The van der Waals surface area contributed by atoms with Crippen molar-refractivity contribution < 1.29 is 17.9 Å². The number of carbonyl (C=O) groups is 1. The van der Waals surface area contributed by atoms with Gasteiger partial charge in [0.2, 0.25) is 21.8 Å². The van der Waals surface area contributed by atoms with Crippen LogP contribution in [-0.4, -0.2) is 52.3 Å². The third-order valence-electron chi connectivity index (χ3n) is 5.09. The van der Waals surface area contributed by atoms with E-state index in [1.807, 2.05) is 0 Å². The van der Waals surface area contributed by atoms with Crippen molar-refractivity contribution >= 4 is 27.7 Å². The van der Waals surface area contributed by atoms with Gasteiger partial charge in [-0.3, -0.25) is 9.78 Å². The lowest BCUT2D eigenvalue weighted by Gasteiger charge is -2.19. The Morgan fingerprint density at radius 1 is 1.37 bits per heavy atom. The second-order valence-corrected chi connectivity index (χ2v) is 10.7. The Hall–Kier alpha value is -2.43. The zero-order valence-corrected chi connectivity index (χ0v) is 18.0. The summed E-state index contributed by atoms with van der Waals surface area (Å²) in [7, 11) is -3.65. The van der Waals surface area contributed by atoms with E-state index in [0.29, 0.717) is 30.4 Å². The molecular weight excluding hydrogens is 424 g/mol. The van der Waals surface area contributed by atoms with Gasteiger partial charge in [-0.2, -0.15) is 4.31 Å². The third kappa shape index (κ3) is 4.35. The van der Waals surface area contributed by atoms with Gasteiger partial charge in [0.1, 0.15) is 5.75 Å². The number of benzene rings is 1. The lowest BCUT2D eigenvalue weighted by atomic mass is 10.1. The molecule has 0 radical (unpaired) electrons. The molecule has 30 heavy (non-hydrogen) atoms. The van der Waals surface area contributed by atoms with E-state index in [1.165, 1.54) is 22.6 Å². The van der Waals surface area contributed by atoms with Gasteiger partial charge in [-0.15, -0.1) is 11.8 Å². The van der Waals surface area contributed by atoms with E-state index >= 15 is 0 Å². The van der Waals surface area contributed by atoms with Gasteiger partial charge in [-0.05, 0) is 37.5 Å². The topological polar surface area (TPSA) is 101 Å². The van der Waals surface area contributed by atoms with Crippen LogP contribution in [0, 0.1) is 12.8 Å². The molecule has 8 nitrogen and oxygen atoms in total. The lowest BCUT2D eigenvalue weighted by molar-refractivity contribution is -0.116. The monoisotopic (exact) mass is 446 g/mol. The number of sulfonamides is 1. The quantitative estimate of drug-likeness (QED) is 0.680. The van der Waals surface area contributed by atoms with Crippen LogP contribution in [-0.2, 0) is 14.8 Å². The van der Waals surface area contributed by atoms with Crippen molar-refractivity contribution in [3.8, 4) is 11.6 Å². The summed E-state index contributed by atoms with van der Waals surface area (Å²) in [5, 5.41) is 3.05. The fourth-order valence-corrected chi connectivity index (χ4v) is 6.99. The highest BCUT2D eigenvalue weighted by atomic mass is 32.2. The molecule has 2 aromatic rings. The van der Waals surface area contributed by atoms with Gasteiger partial charge < -0.3 is 10.1 Å². The van der Waals surface area contributed by atoms with Crippen molar-refractivity contribution in [2.75, 3.05) is 13.1 Å². The molecule has 0 spiro atoms. The van der Waals surface area contributed by atoms with Crippen molar-refractivity contribution in [2.45, 2.75) is 28.9 Å². The molecule has 10 heteroatoms. The van der Waals surface area contributed by atoms with Gasteiger partial charge >= 0.3 is 0 Å². The van der Waals surface area contributed by atoms with E-state index in [9.17, 15) is 13.2 Å². The number of rotatable bonds is 6. The van der Waals surface area contributed by atoms with E-state index in [0.717, 1.165) is 6.42 Å². The number of nitrogens with zero attached hydrogens (tertiary/aromatic N) is 3. The number of aromatic nitrogens is 2. The molecular formula is C20H22N4O4S2. The largest absolute Gasteiger partial charge is 0.437 e. The Labute approximate surface area is 179 Å². The normalized spacial score (nSPS) is 23.7. The molecule has 0 bridgehead atoms. The molecule has 3 unspecified atom stereocenters. The van der Waals surface area contributed by atoms with Crippen LogP contribution >= 0.6 is 11.8 Å². The SMILES string of the molecule is C=CC(=O)NC1CC2CN(S(=O)(=O)c3cccc(Oc4cncc(C)n4)c3)CC2S1. The molecule has 2 fully saturated rings. The highest BCUT2D eigenvalue weighted by Gasteiger charge is 2.45. The Morgan fingerprint density at radius 2 is 2.20 bits per heavy atom. The molecule has 4 rings (SSSR count). The molecule has 158 valence electrons. The van der Waals surface area contributed by atoms with Crippen LogP contribution in [0.25, 0.3) is 0 Å². The number of hydrogen-bond acceptors (Lipinski definition) is 7. The summed E-state index contributed by atoms with van der Waals surface area (Å²) in [6.45, 7) is 6.13. The fraction of sp³-hybridized carbons (Fsp3) is 0.350. The number of amides is 1. The molecule has 1 amide bonds. The predicted octanol–water partition coefficient (Wildman–Crippen LogP) is 2.33. The van der Waals surface area contributed by atoms with Crippen LogP contribution in [0.2, 0.25) is 0 Å². The summed E-state index contributed by atoms with van der Waals surface area (Å²) in [5.74, 6) is 0.704. The maximum absolute atomic E-state index is 13.2. The summed E-state index contributed by atoms with van der Waals surface area (Å²) in [5.41, 5.74) is 0.708. The molecule has 3 heterocycles. The van der Waals surface area contributed by atoms with Crippen molar-refractivity contribution in [3.63, 3.8) is 0 Å². The molecule has 0 aliphatic carbocycles. The Bertz CT molecular complexity index is 1060. The molecule has 2 saturated heterocycles. The van der Waals surface area contributed by atoms with Crippen molar-refractivity contribution in [2.24, 2.45) is 5.92 Å². The third-order valence-corrected chi connectivity index (χ3v) is 8.44. The van der Waals surface area contributed by atoms with Gasteiger partial charge in [0.15, 0.2) is 0 Å². The number of fused-ring (bicyclic) bond motifs is 1. The lowest BCUT2D eigenvalue weighted by Crippen LogP contribution is -2.33. The van der Waals surface area contributed by atoms with Gasteiger partial charge in [0, 0.05) is 30.6 Å². The molecule has 2 aliphatic rings. The van der Waals surface area contributed by atoms with Crippen LogP contribution in [0.4, 0.5) is 0 Å². The maximum Gasteiger partial charge on any atom is 0.244 e. The van der Waals surface area contributed by atoms with Crippen molar-refractivity contribution in [1.29, 1.82) is 0 Å². The van der Waals surface area contributed by atoms with E-state index < -0.39 is 10.0 Å². The number of nitrogens with one attached hydrogen (secondary N) is 1. The van der Waals surface area contributed by atoms with Crippen LogP contribution < -0.4 is 10.1 Å². The molecule has 3 atom stereocenters. The number of carbonyl (C=O) groups excluding carboxylic acids is 1. The zero-order valence-electron chi connectivity index (χ0n) is 16.4. The first-order valence-electron chi connectivity index (χ1n) is 9.50. The van der Waals surface area contributed by atoms with E-state index in [-0.39, 0.29) is 27.3 Å². The predicted molar refractivity (Wildman–Crippen MR) is 114 cm³/mol. The standard InChI is InChI=1S/C20H22N4O4S2/c1-3-18(25)23-20-7-14-11-24(12-17(14)29-20)30(26,27)16-6-4-5-15(8-16)28-19-10-21-9-13(2)22-19/h3-6,8-10,14,17,20H,1,7,11-12H2,2H3,(H,23,25). The molecule has 2 aliphatic heterocycles. The Balaban J connectivity index is 1.45. The van der Waals surface area contributed by atoms with Crippen LogP contribution in [0.5, 0.6) is 11.6 Å². The van der Waals surface area contributed by atoms with E-state index in [4.69, 9.17) is 4.74 Å². The van der Waals surface area contributed by atoms with E-state index in [1.54, 1.807) is 43.1 Å². The number of hydrogen-bond donors (Lipinski definition) is 1. The smallest absolute Gasteiger partial charge is 0.244 e. The second-order valence-electron chi connectivity index (χ2n) is 7.27. The summed E-state index contributed by atoms with van der Waals surface area (Å²) in [4.78, 5) is 19.9. The highest BCUT2D eigenvalue weighted by Crippen LogP contribution is 2.43. The first-order valence-corrected chi connectivity index (χ1v) is 11.9. The first-order chi connectivity index (χ1) is 14.3. The zero-order chi connectivity index (χ0) is 21.3. The molecule has 1 aromatic heterocycles. The minimum Gasteiger partial charge on any atom is -0.437 e. The summed E-state index contributed by atoms with van der Waals surface area (Å²) in [6, 6.07) is 6.41. The summed E-state index contributed by atoms with van der Waals surface area (Å²) >= 11 is 1.62. The van der Waals surface area contributed by atoms with Crippen molar-refractivity contribution in [1.82, 2.24) is 19.6 Å². The maximum atomic E-state index is 13.2. The number of thioether (sulfide) groups is 1. The van der Waals surface area contributed by atoms with Crippen LogP contribution in [0.1, 0.15) is 12.1 Å². The van der Waals surface area contributed by atoms with Gasteiger partial charge in [0.05, 0.1) is 22.2 Å². The van der Waals surface area contributed by atoms with Crippen LogP contribution in [0.3, 0.4) is 0 Å². The van der Waals surface area contributed by atoms with Gasteiger partial charge in [0.25, 0.3) is 0 Å². The average molecular weight is 447 g/mol. The summed E-state index contributed by atoms with van der Waals surface area (Å²) < 4.78 is 33.6. The van der Waals surface area contributed by atoms with Gasteiger partial charge in [-0.25, -0.2) is 13.4 Å². The summed E-state index contributed by atoms with van der Waals surface area (Å²) in [6.07, 6.45) is 5.09. The average Bonchev–Trinajstić information content (AvgIpc) is 3.27. The Kier molecular flexibility index (Phi) is 5.81. The van der Waals surface area contributed by atoms with Crippen molar-refractivity contribution in [3.05, 3.63) is 55.0 Å². The molecule has 1 N–H and O–H groups in total. The fourth-order valence-electron chi connectivity index (χ4n) is 3.69. The molecule has 1 aromatic carbocycles.